The van der Waals surface area contributed by atoms with Gasteiger partial charge in [-0.25, -0.2) is 8.42 Å². The van der Waals surface area contributed by atoms with Gasteiger partial charge in [0.25, 0.3) is 0 Å². The van der Waals surface area contributed by atoms with Crippen molar-refractivity contribution in [3.63, 3.8) is 0 Å². The minimum Gasteiger partial charge on any atom is -0.338 e. The number of aromatic nitrogens is 3. The van der Waals surface area contributed by atoms with Crippen LogP contribution in [0.5, 0.6) is 0 Å². The van der Waals surface area contributed by atoms with Crippen LogP contribution in [0.2, 0.25) is 0 Å². The van der Waals surface area contributed by atoms with Crippen molar-refractivity contribution < 1.29 is 13.2 Å². The van der Waals surface area contributed by atoms with E-state index < -0.39 is 9.84 Å². The highest BCUT2D eigenvalue weighted by molar-refractivity contribution is 7.99. The smallest absolute Gasteiger partial charge is 0.233 e. The Morgan fingerprint density at radius 1 is 1.22 bits per heavy atom. The van der Waals surface area contributed by atoms with Gasteiger partial charge >= 0.3 is 0 Å². The molecule has 1 aliphatic rings. The van der Waals surface area contributed by atoms with Gasteiger partial charge in [0.05, 0.1) is 22.1 Å². The second-order valence-electron chi connectivity index (χ2n) is 7.74. The normalized spacial score (nSPS) is 17.5. The second kappa shape index (κ2) is 10.2. The van der Waals surface area contributed by atoms with E-state index in [9.17, 15) is 13.2 Å². The first-order chi connectivity index (χ1) is 15.5. The Morgan fingerprint density at radius 3 is 2.69 bits per heavy atom. The van der Waals surface area contributed by atoms with Crippen molar-refractivity contribution in [1.82, 2.24) is 19.7 Å². The zero-order valence-electron chi connectivity index (χ0n) is 17.9. The molecule has 10 heteroatoms. The summed E-state index contributed by atoms with van der Waals surface area (Å²) < 4.78 is 25.9. The van der Waals surface area contributed by atoms with Crippen LogP contribution in [-0.2, 0) is 14.6 Å². The van der Waals surface area contributed by atoms with Gasteiger partial charge in [-0.05, 0) is 36.4 Å². The molecule has 2 aromatic heterocycles. The molecule has 1 atom stereocenters. The summed E-state index contributed by atoms with van der Waals surface area (Å²) in [6.07, 6.45) is 2.32. The predicted molar refractivity (Wildman–Crippen MR) is 129 cm³/mol. The number of benzene rings is 1. The zero-order valence-corrected chi connectivity index (χ0v) is 20.3. The number of hydrogen-bond acceptors (Lipinski definition) is 7. The van der Waals surface area contributed by atoms with E-state index in [2.05, 4.69) is 17.1 Å². The molecule has 1 aliphatic heterocycles. The van der Waals surface area contributed by atoms with Gasteiger partial charge in [0, 0.05) is 18.3 Å². The van der Waals surface area contributed by atoms with E-state index in [4.69, 9.17) is 0 Å². The number of para-hydroxylation sites is 1. The van der Waals surface area contributed by atoms with Crippen molar-refractivity contribution in [2.45, 2.75) is 37.4 Å². The molecular weight excluding hydrogens is 464 g/mol. The lowest BCUT2D eigenvalue weighted by Gasteiger charge is -2.28. The molecule has 3 heterocycles. The average molecular weight is 491 g/mol. The first-order valence-corrected chi connectivity index (χ1v) is 14.3. The van der Waals surface area contributed by atoms with Gasteiger partial charge in [-0.3, -0.25) is 9.36 Å². The molecule has 0 aliphatic carbocycles. The van der Waals surface area contributed by atoms with Crippen molar-refractivity contribution in [3.05, 3.63) is 47.8 Å². The molecule has 0 spiro atoms. The number of amides is 1. The van der Waals surface area contributed by atoms with E-state index in [1.54, 1.807) is 16.2 Å². The van der Waals surface area contributed by atoms with E-state index in [1.807, 2.05) is 52.4 Å². The number of carbonyl (C=O) groups excluding carboxylic acids is 1. The minimum absolute atomic E-state index is 0.0502. The number of thiophene rings is 1. The van der Waals surface area contributed by atoms with Crippen molar-refractivity contribution in [2.24, 2.45) is 0 Å². The first kappa shape index (κ1) is 23.0. The predicted octanol–water partition coefficient (Wildman–Crippen LogP) is 3.90. The maximum Gasteiger partial charge on any atom is 0.233 e. The van der Waals surface area contributed by atoms with Crippen LogP contribution in [-0.4, -0.2) is 63.8 Å². The largest absolute Gasteiger partial charge is 0.338 e. The molecule has 0 bridgehead atoms. The van der Waals surface area contributed by atoms with Crippen molar-refractivity contribution in [2.75, 3.05) is 23.8 Å². The summed E-state index contributed by atoms with van der Waals surface area (Å²) in [6.45, 7) is 2.65. The molecule has 3 aromatic rings. The molecule has 7 nitrogen and oxygen atoms in total. The number of hydrogen-bond donors (Lipinski definition) is 0. The number of unbranched alkanes of at least 4 members (excludes halogenated alkanes) is 1. The van der Waals surface area contributed by atoms with Crippen LogP contribution < -0.4 is 0 Å². The highest BCUT2D eigenvalue weighted by Crippen LogP contribution is 2.31. The van der Waals surface area contributed by atoms with Gasteiger partial charge in [-0.1, -0.05) is 49.4 Å². The van der Waals surface area contributed by atoms with Crippen molar-refractivity contribution in [1.29, 1.82) is 0 Å². The fourth-order valence-corrected chi connectivity index (χ4v) is 7.08. The van der Waals surface area contributed by atoms with Gasteiger partial charge in [0.1, 0.15) is 0 Å². The lowest BCUT2D eigenvalue weighted by molar-refractivity contribution is -0.130. The number of carbonyl (C=O) groups is 1. The summed E-state index contributed by atoms with van der Waals surface area (Å²) in [4.78, 5) is 15.9. The molecule has 32 heavy (non-hydrogen) atoms. The molecular formula is C22H26N4O3S3. The SMILES string of the molecule is CCCCN(C(=O)CSc1nnc(-c2cccs2)n1-c1ccccc1)[C@H]1CCS(=O)(=O)C1. The Hall–Kier alpha value is -2.17. The van der Waals surface area contributed by atoms with Gasteiger partial charge < -0.3 is 4.90 Å². The molecule has 1 saturated heterocycles. The summed E-state index contributed by atoms with van der Waals surface area (Å²) in [6, 6.07) is 13.6. The van der Waals surface area contributed by atoms with Crippen molar-refractivity contribution >= 4 is 38.8 Å². The molecule has 4 rings (SSSR count). The van der Waals surface area contributed by atoms with E-state index >= 15 is 0 Å². The third-order valence-electron chi connectivity index (χ3n) is 5.44. The fourth-order valence-electron chi connectivity index (χ4n) is 3.81. The maximum absolute atomic E-state index is 13.2. The summed E-state index contributed by atoms with van der Waals surface area (Å²) >= 11 is 2.93. The van der Waals surface area contributed by atoms with Crippen LogP contribution >= 0.6 is 23.1 Å². The van der Waals surface area contributed by atoms with Crippen molar-refractivity contribution in [3.8, 4) is 16.4 Å². The standard InChI is InChI=1S/C22H26N4O3S3/c1-2-3-12-25(18-11-14-32(28,29)16-18)20(27)15-31-22-24-23-21(19-10-7-13-30-19)26(22)17-8-5-4-6-9-17/h4-10,13,18H,2-3,11-12,14-16H2,1H3/t18-/m0/s1. The number of nitrogens with zero attached hydrogens (tertiary/aromatic N) is 4. The third kappa shape index (κ3) is 5.24. The molecule has 0 unspecified atom stereocenters. The van der Waals surface area contributed by atoms with E-state index in [0.29, 0.717) is 18.1 Å². The monoisotopic (exact) mass is 490 g/mol. The number of rotatable bonds is 9. The number of sulfone groups is 1. The highest BCUT2D eigenvalue weighted by atomic mass is 32.2. The average Bonchev–Trinajstić information content (AvgIpc) is 3.52. The molecule has 0 saturated carbocycles. The van der Waals surface area contributed by atoms with E-state index in [0.717, 1.165) is 29.2 Å². The van der Waals surface area contributed by atoms with E-state index in [-0.39, 0.29) is 29.2 Å². The third-order valence-corrected chi connectivity index (χ3v) is 8.97. The summed E-state index contributed by atoms with van der Waals surface area (Å²) in [7, 11) is -3.06. The Kier molecular flexibility index (Phi) is 7.32. The Bertz CT molecular complexity index is 1140. The minimum atomic E-state index is -3.06. The lowest BCUT2D eigenvalue weighted by atomic mass is 10.2. The molecule has 170 valence electrons. The van der Waals surface area contributed by atoms with Crippen LogP contribution in [0.15, 0.2) is 53.0 Å². The van der Waals surface area contributed by atoms with Gasteiger partial charge in [-0.15, -0.1) is 21.5 Å². The fraction of sp³-hybridized carbons (Fsp3) is 0.409. The van der Waals surface area contributed by atoms with Crippen LogP contribution in [0, 0.1) is 0 Å². The van der Waals surface area contributed by atoms with E-state index in [1.165, 1.54) is 11.8 Å². The Balaban J connectivity index is 1.55. The van der Waals surface area contributed by atoms with Gasteiger partial charge in [-0.2, -0.15) is 0 Å². The van der Waals surface area contributed by atoms with Gasteiger partial charge in [0.15, 0.2) is 20.8 Å². The molecule has 0 radical (unpaired) electrons. The quantitative estimate of drug-likeness (QED) is 0.423. The topological polar surface area (TPSA) is 85.2 Å². The molecule has 1 aromatic carbocycles. The van der Waals surface area contributed by atoms with Gasteiger partial charge in [0.2, 0.25) is 5.91 Å². The second-order valence-corrected chi connectivity index (χ2v) is 11.9. The van der Waals surface area contributed by atoms with Crippen LogP contribution in [0.4, 0.5) is 0 Å². The molecule has 0 N–H and O–H groups in total. The summed E-state index contributed by atoms with van der Waals surface area (Å²) in [5.41, 5.74) is 0.931. The highest BCUT2D eigenvalue weighted by Gasteiger charge is 2.34. The summed E-state index contributed by atoms with van der Waals surface area (Å²) in [5, 5.41) is 11.4. The first-order valence-electron chi connectivity index (χ1n) is 10.7. The zero-order chi connectivity index (χ0) is 22.6. The number of thioether (sulfide) groups is 1. The molecule has 1 amide bonds. The van der Waals surface area contributed by atoms with Crippen LogP contribution in [0.1, 0.15) is 26.2 Å². The Labute approximate surface area is 196 Å². The van der Waals surface area contributed by atoms with Crippen LogP contribution in [0.25, 0.3) is 16.4 Å². The Morgan fingerprint density at radius 2 is 2.03 bits per heavy atom. The lowest BCUT2D eigenvalue weighted by Crippen LogP contribution is -2.42. The summed E-state index contributed by atoms with van der Waals surface area (Å²) in [5.74, 6) is 1.11. The maximum atomic E-state index is 13.2. The molecule has 1 fully saturated rings. The van der Waals surface area contributed by atoms with Crippen LogP contribution in [0.3, 0.4) is 0 Å².